The number of hydrogen-bond donors (Lipinski definition) is 3. The summed E-state index contributed by atoms with van der Waals surface area (Å²) in [5, 5.41) is 5.10. The van der Waals surface area contributed by atoms with Crippen molar-refractivity contribution in [1.82, 2.24) is 15.8 Å². The second-order valence-electron chi connectivity index (χ2n) is 5.26. The van der Waals surface area contributed by atoms with Crippen LogP contribution in [0.1, 0.15) is 46.5 Å². The van der Waals surface area contributed by atoms with Crippen molar-refractivity contribution in [3.05, 3.63) is 0 Å². The van der Waals surface area contributed by atoms with E-state index in [4.69, 9.17) is 5.73 Å². The van der Waals surface area contributed by atoms with E-state index in [0.29, 0.717) is 31.6 Å². The van der Waals surface area contributed by atoms with Crippen LogP contribution in [0.4, 0.5) is 0 Å². The molecule has 106 valence electrons. The number of hydrogen-bond acceptors (Lipinski definition) is 4. The van der Waals surface area contributed by atoms with Crippen LogP contribution in [0.5, 0.6) is 0 Å². The van der Waals surface area contributed by atoms with Crippen molar-refractivity contribution in [1.29, 1.82) is 0 Å². The topological polar surface area (TPSA) is 70.4 Å². The molecule has 0 aromatic carbocycles. The Balaban J connectivity index is 2.47. The zero-order valence-corrected chi connectivity index (χ0v) is 11.9. The highest BCUT2D eigenvalue weighted by atomic mass is 16.1. The minimum atomic E-state index is 0.0274. The van der Waals surface area contributed by atoms with E-state index in [1.54, 1.807) is 0 Å². The Labute approximate surface area is 110 Å². The van der Waals surface area contributed by atoms with Crippen molar-refractivity contribution in [2.24, 2.45) is 5.73 Å². The first kappa shape index (κ1) is 15.4. The van der Waals surface area contributed by atoms with Crippen LogP contribution in [0.3, 0.4) is 0 Å². The number of carbonyl (C=O) groups is 1. The first-order valence-corrected chi connectivity index (χ1v) is 7.09. The molecule has 3 atom stereocenters. The fourth-order valence-corrected chi connectivity index (χ4v) is 2.56. The van der Waals surface area contributed by atoms with Crippen LogP contribution in [0.25, 0.3) is 0 Å². The lowest BCUT2D eigenvalue weighted by molar-refractivity contribution is -0.122. The van der Waals surface area contributed by atoms with Gasteiger partial charge in [-0.15, -0.1) is 0 Å². The molecule has 0 radical (unpaired) electrons. The largest absolute Gasteiger partial charge is 0.356 e. The lowest BCUT2D eigenvalue weighted by Crippen LogP contribution is -2.57. The van der Waals surface area contributed by atoms with E-state index in [1.807, 2.05) is 6.92 Å². The molecule has 1 aliphatic rings. The second-order valence-corrected chi connectivity index (χ2v) is 5.26. The summed E-state index contributed by atoms with van der Waals surface area (Å²) in [6, 6.07) is 1.05. The van der Waals surface area contributed by atoms with E-state index < -0.39 is 0 Å². The Bertz CT molecular complexity index is 249. The van der Waals surface area contributed by atoms with Crippen LogP contribution < -0.4 is 16.5 Å². The predicted molar refractivity (Wildman–Crippen MR) is 73.9 cm³/mol. The van der Waals surface area contributed by atoms with Gasteiger partial charge in [0, 0.05) is 37.6 Å². The Morgan fingerprint density at radius 1 is 1.39 bits per heavy atom. The standard InChI is InChI=1S/C13H28N4O/c1-4-15-13(18)8-12(9-14)16-17-10(2)6-5-7-11(17)3/h10-12,16H,4-9,14H2,1-3H3,(H,15,18). The molecule has 0 spiro atoms. The molecule has 18 heavy (non-hydrogen) atoms. The molecular weight excluding hydrogens is 228 g/mol. The van der Waals surface area contributed by atoms with Crippen molar-refractivity contribution in [3.8, 4) is 0 Å². The number of rotatable bonds is 6. The third kappa shape index (κ3) is 4.55. The maximum atomic E-state index is 11.6. The summed E-state index contributed by atoms with van der Waals surface area (Å²) >= 11 is 0. The van der Waals surface area contributed by atoms with Gasteiger partial charge in [-0.25, -0.2) is 10.4 Å². The average Bonchev–Trinajstić information content (AvgIpc) is 2.33. The summed E-state index contributed by atoms with van der Waals surface area (Å²) in [7, 11) is 0. The summed E-state index contributed by atoms with van der Waals surface area (Å²) in [6.07, 6.45) is 4.13. The molecule has 1 amide bonds. The molecule has 0 aromatic rings. The maximum Gasteiger partial charge on any atom is 0.221 e. The molecule has 0 saturated carbocycles. The van der Waals surface area contributed by atoms with Gasteiger partial charge in [-0.3, -0.25) is 4.79 Å². The molecular formula is C13H28N4O. The van der Waals surface area contributed by atoms with Crippen LogP contribution in [-0.4, -0.2) is 42.1 Å². The predicted octanol–water partition coefficient (Wildman–Crippen LogP) is 0.607. The van der Waals surface area contributed by atoms with Gasteiger partial charge in [0.25, 0.3) is 0 Å². The quantitative estimate of drug-likeness (QED) is 0.651. The second kappa shape index (κ2) is 7.71. The number of carbonyl (C=O) groups excluding carboxylic acids is 1. The van der Waals surface area contributed by atoms with E-state index in [9.17, 15) is 4.79 Å². The minimum absolute atomic E-state index is 0.0274. The third-order valence-corrected chi connectivity index (χ3v) is 3.62. The van der Waals surface area contributed by atoms with Crippen LogP contribution in [0, 0.1) is 0 Å². The number of nitrogens with two attached hydrogens (primary N) is 1. The van der Waals surface area contributed by atoms with Crippen molar-refractivity contribution in [3.63, 3.8) is 0 Å². The Hall–Kier alpha value is -0.650. The molecule has 0 aromatic heterocycles. The Morgan fingerprint density at radius 2 is 2.00 bits per heavy atom. The van der Waals surface area contributed by atoms with Gasteiger partial charge in [0.1, 0.15) is 0 Å². The van der Waals surface area contributed by atoms with Gasteiger partial charge in [0.2, 0.25) is 5.91 Å². The lowest BCUT2D eigenvalue weighted by Gasteiger charge is -2.41. The molecule has 1 saturated heterocycles. The molecule has 4 N–H and O–H groups in total. The normalized spacial score (nSPS) is 26.9. The fraction of sp³-hybridized carbons (Fsp3) is 0.923. The first-order valence-electron chi connectivity index (χ1n) is 7.09. The van der Waals surface area contributed by atoms with Gasteiger partial charge >= 0.3 is 0 Å². The summed E-state index contributed by atoms with van der Waals surface area (Å²) in [5.41, 5.74) is 9.20. The molecule has 0 bridgehead atoms. The number of nitrogens with one attached hydrogen (secondary N) is 2. The van der Waals surface area contributed by atoms with E-state index in [2.05, 4.69) is 29.6 Å². The number of amides is 1. The highest BCUT2D eigenvalue weighted by molar-refractivity contribution is 5.76. The Morgan fingerprint density at radius 3 is 2.50 bits per heavy atom. The van der Waals surface area contributed by atoms with E-state index in [0.717, 1.165) is 0 Å². The molecule has 1 aliphatic heterocycles. The number of piperidine rings is 1. The van der Waals surface area contributed by atoms with Gasteiger partial charge in [-0.1, -0.05) is 6.42 Å². The molecule has 1 rings (SSSR count). The zero-order valence-electron chi connectivity index (χ0n) is 11.9. The van der Waals surface area contributed by atoms with Crippen molar-refractivity contribution in [2.45, 2.75) is 64.6 Å². The van der Waals surface area contributed by atoms with Gasteiger partial charge in [0.05, 0.1) is 0 Å². The molecule has 0 aliphatic carbocycles. The Kier molecular flexibility index (Phi) is 6.60. The SMILES string of the molecule is CCNC(=O)CC(CN)NN1C(C)CCCC1C. The smallest absolute Gasteiger partial charge is 0.221 e. The minimum Gasteiger partial charge on any atom is -0.356 e. The monoisotopic (exact) mass is 256 g/mol. The van der Waals surface area contributed by atoms with E-state index in [-0.39, 0.29) is 11.9 Å². The van der Waals surface area contributed by atoms with E-state index in [1.165, 1.54) is 19.3 Å². The molecule has 5 heteroatoms. The van der Waals surface area contributed by atoms with Gasteiger partial charge in [-0.05, 0) is 33.6 Å². The summed E-state index contributed by atoms with van der Waals surface area (Å²) in [4.78, 5) is 11.6. The van der Waals surface area contributed by atoms with Crippen molar-refractivity contribution in [2.75, 3.05) is 13.1 Å². The molecule has 1 fully saturated rings. The third-order valence-electron chi connectivity index (χ3n) is 3.62. The van der Waals surface area contributed by atoms with E-state index >= 15 is 0 Å². The van der Waals surface area contributed by atoms with Crippen LogP contribution >= 0.6 is 0 Å². The molecule has 1 heterocycles. The van der Waals surface area contributed by atoms with Gasteiger partial charge in [-0.2, -0.15) is 0 Å². The van der Waals surface area contributed by atoms with Gasteiger partial charge in [0.15, 0.2) is 0 Å². The number of nitrogens with zero attached hydrogens (tertiary/aromatic N) is 1. The van der Waals surface area contributed by atoms with Crippen LogP contribution in [0.15, 0.2) is 0 Å². The summed E-state index contributed by atoms with van der Waals surface area (Å²) < 4.78 is 0. The molecule has 5 nitrogen and oxygen atoms in total. The molecule has 3 unspecified atom stereocenters. The highest BCUT2D eigenvalue weighted by Gasteiger charge is 2.26. The zero-order chi connectivity index (χ0) is 13.5. The maximum absolute atomic E-state index is 11.6. The first-order chi connectivity index (χ1) is 8.58. The number of hydrazine groups is 1. The lowest BCUT2D eigenvalue weighted by atomic mass is 9.99. The van der Waals surface area contributed by atoms with Crippen LogP contribution in [0.2, 0.25) is 0 Å². The van der Waals surface area contributed by atoms with Gasteiger partial charge < -0.3 is 11.1 Å². The summed E-state index contributed by atoms with van der Waals surface area (Å²) in [5.74, 6) is 0.0674. The fourth-order valence-electron chi connectivity index (χ4n) is 2.56. The average molecular weight is 256 g/mol. The highest BCUT2D eigenvalue weighted by Crippen LogP contribution is 2.20. The van der Waals surface area contributed by atoms with Crippen molar-refractivity contribution >= 4 is 5.91 Å². The van der Waals surface area contributed by atoms with Crippen LogP contribution in [-0.2, 0) is 4.79 Å². The summed E-state index contributed by atoms with van der Waals surface area (Å²) in [6.45, 7) is 7.53. The van der Waals surface area contributed by atoms with Crippen molar-refractivity contribution < 1.29 is 4.79 Å².